The van der Waals surface area contributed by atoms with Crippen molar-refractivity contribution < 1.29 is 0 Å². The Balaban J connectivity index is 1.48. The maximum absolute atomic E-state index is 4.50. The molecule has 1 fully saturated rings. The van der Waals surface area contributed by atoms with Crippen molar-refractivity contribution in [1.29, 1.82) is 0 Å². The number of imidazole rings is 1. The second-order valence-corrected chi connectivity index (χ2v) is 6.58. The highest BCUT2D eigenvalue weighted by Gasteiger charge is 2.29. The maximum Gasteiger partial charge on any atom is 0.139 e. The van der Waals surface area contributed by atoms with E-state index >= 15 is 0 Å². The number of nitrogens with zero attached hydrogens (tertiary/aromatic N) is 5. The zero-order valence-corrected chi connectivity index (χ0v) is 13.6. The molecule has 4 rings (SSSR count). The number of rotatable bonds is 4. The fourth-order valence-corrected chi connectivity index (χ4v) is 3.35. The molecule has 0 unspecified atom stereocenters. The van der Waals surface area contributed by atoms with E-state index in [0.717, 1.165) is 36.4 Å². The zero-order valence-electron chi connectivity index (χ0n) is 13.6. The van der Waals surface area contributed by atoms with Gasteiger partial charge in [-0.15, -0.1) is 0 Å². The standard InChI is InChI=1S/C18H21N5/c1-13(2)17-19-7-8-22(17)9-14-10-23(11-14)18-15-5-3-4-6-16(15)20-12-21-18/h3-8,12-14H,9-11H2,1-2H3. The summed E-state index contributed by atoms with van der Waals surface area (Å²) in [5, 5.41) is 1.14. The van der Waals surface area contributed by atoms with Gasteiger partial charge in [0.15, 0.2) is 0 Å². The van der Waals surface area contributed by atoms with Crippen molar-refractivity contribution in [3.63, 3.8) is 0 Å². The minimum absolute atomic E-state index is 0.465. The Morgan fingerprint density at radius 2 is 1.96 bits per heavy atom. The Bertz CT molecular complexity index is 812. The van der Waals surface area contributed by atoms with Crippen LogP contribution in [0.15, 0.2) is 43.0 Å². The highest BCUT2D eigenvalue weighted by molar-refractivity contribution is 5.89. The van der Waals surface area contributed by atoms with E-state index in [2.05, 4.69) is 50.5 Å². The van der Waals surface area contributed by atoms with Gasteiger partial charge in [-0.2, -0.15) is 0 Å². The fourth-order valence-electron chi connectivity index (χ4n) is 3.35. The molecule has 0 radical (unpaired) electrons. The first-order valence-electron chi connectivity index (χ1n) is 8.18. The van der Waals surface area contributed by atoms with Crippen LogP contribution in [0.3, 0.4) is 0 Å². The van der Waals surface area contributed by atoms with Gasteiger partial charge >= 0.3 is 0 Å². The lowest BCUT2D eigenvalue weighted by atomic mass is 9.99. The van der Waals surface area contributed by atoms with Gasteiger partial charge in [0.25, 0.3) is 0 Å². The van der Waals surface area contributed by atoms with Crippen LogP contribution in [0.2, 0.25) is 0 Å². The molecule has 118 valence electrons. The lowest BCUT2D eigenvalue weighted by Gasteiger charge is -2.41. The summed E-state index contributed by atoms with van der Waals surface area (Å²) in [5.74, 6) is 3.35. The summed E-state index contributed by atoms with van der Waals surface area (Å²) < 4.78 is 2.30. The molecule has 1 aliphatic rings. The predicted octanol–water partition coefficient (Wildman–Crippen LogP) is 3.09. The molecule has 1 aromatic carbocycles. The molecular formula is C18H21N5. The SMILES string of the molecule is CC(C)c1nccn1CC1CN(c2ncnc3ccccc23)C1. The van der Waals surface area contributed by atoms with E-state index in [-0.39, 0.29) is 0 Å². The van der Waals surface area contributed by atoms with Crippen LogP contribution in [-0.4, -0.2) is 32.6 Å². The number of anilines is 1. The number of benzene rings is 1. The van der Waals surface area contributed by atoms with Gasteiger partial charge in [-0.3, -0.25) is 0 Å². The van der Waals surface area contributed by atoms with Crippen LogP contribution >= 0.6 is 0 Å². The molecule has 1 saturated heterocycles. The van der Waals surface area contributed by atoms with Crippen LogP contribution in [0.1, 0.15) is 25.6 Å². The first-order chi connectivity index (χ1) is 11.2. The summed E-state index contributed by atoms with van der Waals surface area (Å²) in [6.07, 6.45) is 5.67. The van der Waals surface area contributed by atoms with E-state index in [0.29, 0.717) is 11.8 Å². The van der Waals surface area contributed by atoms with E-state index in [1.54, 1.807) is 6.33 Å². The smallest absolute Gasteiger partial charge is 0.139 e. The maximum atomic E-state index is 4.50. The lowest BCUT2D eigenvalue weighted by molar-refractivity contribution is 0.349. The first-order valence-corrected chi connectivity index (χ1v) is 8.18. The molecule has 1 aliphatic heterocycles. The van der Waals surface area contributed by atoms with Crippen molar-refractivity contribution >= 4 is 16.7 Å². The minimum Gasteiger partial charge on any atom is -0.355 e. The molecule has 0 saturated carbocycles. The molecule has 0 N–H and O–H groups in total. The van der Waals surface area contributed by atoms with Crippen LogP contribution in [0, 0.1) is 5.92 Å². The summed E-state index contributed by atoms with van der Waals surface area (Å²) in [7, 11) is 0. The highest BCUT2D eigenvalue weighted by Crippen LogP contribution is 2.29. The van der Waals surface area contributed by atoms with Crippen LogP contribution in [0.5, 0.6) is 0 Å². The second kappa shape index (κ2) is 5.65. The topological polar surface area (TPSA) is 46.8 Å². The third kappa shape index (κ3) is 2.56. The molecule has 0 atom stereocenters. The van der Waals surface area contributed by atoms with E-state index in [9.17, 15) is 0 Å². The summed E-state index contributed by atoms with van der Waals surface area (Å²) in [6.45, 7) is 7.50. The first kappa shape index (κ1) is 14.2. The van der Waals surface area contributed by atoms with E-state index < -0.39 is 0 Å². The Kier molecular flexibility index (Phi) is 3.48. The summed E-state index contributed by atoms with van der Waals surface area (Å²) >= 11 is 0. The van der Waals surface area contributed by atoms with Crippen molar-refractivity contribution in [3.8, 4) is 0 Å². The van der Waals surface area contributed by atoms with Crippen molar-refractivity contribution in [2.24, 2.45) is 5.92 Å². The largest absolute Gasteiger partial charge is 0.355 e. The molecule has 3 aromatic rings. The molecular weight excluding hydrogens is 286 g/mol. The normalized spacial score (nSPS) is 15.3. The van der Waals surface area contributed by atoms with Gasteiger partial charge in [-0.25, -0.2) is 15.0 Å². The van der Waals surface area contributed by atoms with Gasteiger partial charge in [0.2, 0.25) is 0 Å². The van der Waals surface area contributed by atoms with E-state index in [1.165, 1.54) is 5.82 Å². The Hall–Kier alpha value is -2.43. The monoisotopic (exact) mass is 307 g/mol. The van der Waals surface area contributed by atoms with Gasteiger partial charge in [-0.05, 0) is 12.1 Å². The zero-order chi connectivity index (χ0) is 15.8. The highest BCUT2D eigenvalue weighted by atomic mass is 15.3. The van der Waals surface area contributed by atoms with Crippen LogP contribution in [0.25, 0.3) is 10.9 Å². The third-order valence-corrected chi connectivity index (χ3v) is 4.50. The Morgan fingerprint density at radius 3 is 2.78 bits per heavy atom. The molecule has 0 spiro atoms. The lowest BCUT2D eigenvalue weighted by Crippen LogP contribution is -2.49. The van der Waals surface area contributed by atoms with Crippen LogP contribution < -0.4 is 4.90 Å². The third-order valence-electron chi connectivity index (χ3n) is 4.50. The average molecular weight is 307 g/mol. The summed E-state index contributed by atoms with van der Waals surface area (Å²) in [5.41, 5.74) is 1.01. The van der Waals surface area contributed by atoms with Crippen molar-refractivity contribution in [2.45, 2.75) is 26.3 Å². The molecule has 2 aromatic heterocycles. The minimum atomic E-state index is 0.465. The second-order valence-electron chi connectivity index (χ2n) is 6.58. The number of para-hydroxylation sites is 1. The van der Waals surface area contributed by atoms with Gasteiger partial charge < -0.3 is 9.47 Å². The van der Waals surface area contributed by atoms with E-state index in [4.69, 9.17) is 0 Å². The van der Waals surface area contributed by atoms with Gasteiger partial charge in [0.1, 0.15) is 18.0 Å². The molecule has 5 heteroatoms. The van der Waals surface area contributed by atoms with E-state index in [1.807, 2.05) is 24.4 Å². The van der Waals surface area contributed by atoms with Crippen molar-refractivity contribution in [3.05, 3.63) is 48.8 Å². The number of hydrogen-bond donors (Lipinski definition) is 0. The molecule has 0 amide bonds. The predicted molar refractivity (Wildman–Crippen MR) is 91.6 cm³/mol. The van der Waals surface area contributed by atoms with Gasteiger partial charge in [-0.1, -0.05) is 26.0 Å². The molecule has 5 nitrogen and oxygen atoms in total. The molecule has 0 aliphatic carbocycles. The molecule has 0 bridgehead atoms. The quantitative estimate of drug-likeness (QED) is 0.743. The number of hydrogen-bond acceptors (Lipinski definition) is 4. The summed E-state index contributed by atoms with van der Waals surface area (Å²) in [6, 6.07) is 8.21. The molecule has 23 heavy (non-hydrogen) atoms. The number of fused-ring (bicyclic) bond motifs is 1. The summed E-state index contributed by atoms with van der Waals surface area (Å²) in [4.78, 5) is 15.7. The van der Waals surface area contributed by atoms with Crippen molar-refractivity contribution in [2.75, 3.05) is 18.0 Å². The van der Waals surface area contributed by atoms with Crippen molar-refractivity contribution in [1.82, 2.24) is 19.5 Å². The molecule has 3 heterocycles. The van der Waals surface area contributed by atoms with Gasteiger partial charge in [0.05, 0.1) is 5.52 Å². The average Bonchev–Trinajstić information content (AvgIpc) is 2.98. The Labute approximate surface area is 136 Å². The fraction of sp³-hybridized carbons (Fsp3) is 0.389. The van der Waals surface area contributed by atoms with Crippen LogP contribution in [-0.2, 0) is 6.54 Å². The van der Waals surface area contributed by atoms with Gasteiger partial charge in [0, 0.05) is 49.2 Å². The Morgan fingerprint density at radius 1 is 1.13 bits per heavy atom. The van der Waals surface area contributed by atoms with Crippen LogP contribution in [0.4, 0.5) is 5.82 Å². The number of aromatic nitrogens is 4.